The van der Waals surface area contributed by atoms with Gasteiger partial charge in [0.1, 0.15) is 39.5 Å². The summed E-state index contributed by atoms with van der Waals surface area (Å²) in [5.41, 5.74) is 13.8. The number of halogens is 2. The fraction of sp³-hybridized carbons (Fsp3) is 0.550. The molecule has 2 aromatic heterocycles. The molecule has 1 aliphatic heterocycles. The van der Waals surface area contributed by atoms with Crippen molar-refractivity contribution in [3.8, 4) is 0 Å². The van der Waals surface area contributed by atoms with Gasteiger partial charge in [0.2, 0.25) is 0 Å². The Kier molecular flexibility index (Phi) is 7.14. The number of nitrogens with two attached hydrogens (primary N) is 2. The Hall–Kier alpha value is -0.920. The number of aromatic nitrogens is 3. The number of nitrogens with zero attached hydrogens (tertiary/aromatic N) is 4. The van der Waals surface area contributed by atoms with E-state index in [9.17, 15) is 5.11 Å². The number of hydrogen-bond acceptors (Lipinski definition) is 9. The summed E-state index contributed by atoms with van der Waals surface area (Å²) in [6, 6.07) is 1.95. The Bertz CT molecular complexity index is 960. The second-order valence-corrected chi connectivity index (χ2v) is 10.2. The summed E-state index contributed by atoms with van der Waals surface area (Å²) >= 11 is 9.64. The van der Waals surface area contributed by atoms with E-state index in [2.05, 4.69) is 9.88 Å². The molecule has 31 heavy (non-hydrogen) atoms. The highest BCUT2D eigenvalue weighted by atomic mass is 127. The minimum atomic E-state index is -0.186. The summed E-state index contributed by atoms with van der Waals surface area (Å²) in [6.45, 7) is 3.40. The summed E-state index contributed by atoms with van der Waals surface area (Å²) in [5, 5.41) is 11.1. The van der Waals surface area contributed by atoms with Gasteiger partial charge in [-0.05, 0) is 44.1 Å². The molecule has 0 aromatic carbocycles. The van der Waals surface area contributed by atoms with Gasteiger partial charge in [-0.1, -0.05) is 23.4 Å². The normalized spacial score (nSPS) is 22.9. The first-order chi connectivity index (χ1) is 14.9. The van der Waals surface area contributed by atoms with E-state index in [1.54, 1.807) is 12.3 Å². The van der Waals surface area contributed by atoms with Gasteiger partial charge in [-0.15, -0.1) is 0 Å². The zero-order valence-corrected chi connectivity index (χ0v) is 21.0. The molecule has 2 aliphatic rings. The van der Waals surface area contributed by atoms with Gasteiger partial charge < -0.3 is 24.5 Å². The number of nitrogen functional groups attached to an aromatic ring is 1. The maximum atomic E-state index is 10.0. The zero-order chi connectivity index (χ0) is 22.2. The van der Waals surface area contributed by atoms with Crippen LogP contribution in [-0.2, 0) is 9.67 Å². The van der Waals surface area contributed by atoms with E-state index in [1.807, 2.05) is 29.9 Å². The Labute approximate surface area is 205 Å². The van der Waals surface area contributed by atoms with E-state index in [-0.39, 0.29) is 30.0 Å². The molecule has 0 radical (unpaired) electrons. The van der Waals surface area contributed by atoms with Crippen LogP contribution in [0.4, 0.5) is 11.6 Å². The highest BCUT2D eigenvalue weighted by Gasteiger charge is 2.47. The number of aryl methyl sites for hydroxylation is 1. The van der Waals surface area contributed by atoms with Gasteiger partial charge in [0.15, 0.2) is 5.82 Å². The second kappa shape index (κ2) is 9.52. The van der Waals surface area contributed by atoms with Crippen LogP contribution in [0.3, 0.4) is 0 Å². The van der Waals surface area contributed by atoms with E-state index in [0.29, 0.717) is 15.7 Å². The van der Waals surface area contributed by atoms with E-state index >= 15 is 0 Å². The molecule has 3 heterocycles. The molecule has 168 valence electrons. The van der Waals surface area contributed by atoms with Crippen LogP contribution in [-0.4, -0.2) is 45.3 Å². The van der Waals surface area contributed by atoms with Gasteiger partial charge in [-0.3, -0.25) is 0 Å². The average Bonchev–Trinajstić information content (AvgIpc) is 3.08. The molecule has 5 N–H and O–H groups in total. The molecular formula is C20H26ClIN6O2S. The maximum Gasteiger partial charge on any atom is 0.153 e. The monoisotopic (exact) mass is 576 g/mol. The van der Waals surface area contributed by atoms with Crippen LogP contribution in [0, 0.1) is 12.3 Å². The fourth-order valence-corrected chi connectivity index (χ4v) is 6.13. The SMILES string of the molecule is Cc1nc(N2CCC3(CC2)C[C@H](OI)C[C@H]3N)c(CO)nc1Sc1ccnc(N)c1Cl. The Morgan fingerprint density at radius 2 is 2.13 bits per heavy atom. The molecule has 1 aliphatic carbocycles. The Balaban J connectivity index is 1.53. The van der Waals surface area contributed by atoms with Crippen LogP contribution in [0.2, 0.25) is 5.02 Å². The molecule has 2 atom stereocenters. The Morgan fingerprint density at radius 1 is 1.39 bits per heavy atom. The van der Waals surface area contributed by atoms with E-state index in [1.165, 1.54) is 11.8 Å². The second-order valence-electron chi connectivity index (χ2n) is 8.26. The van der Waals surface area contributed by atoms with Crippen LogP contribution in [0.5, 0.6) is 0 Å². The predicted octanol–water partition coefficient (Wildman–Crippen LogP) is 3.50. The number of pyridine rings is 1. The lowest BCUT2D eigenvalue weighted by Crippen LogP contribution is -2.47. The van der Waals surface area contributed by atoms with Crippen molar-refractivity contribution in [1.82, 2.24) is 15.0 Å². The minimum Gasteiger partial charge on any atom is -0.390 e. The first kappa shape index (κ1) is 23.2. The third kappa shape index (κ3) is 4.60. The van der Waals surface area contributed by atoms with Crippen molar-refractivity contribution in [3.05, 3.63) is 28.7 Å². The van der Waals surface area contributed by atoms with Gasteiger partial charge in [-0.2, -0.15) is 0 Å². The number of anilines is 2. The summed E-state index contributed by atoms with van der Waals surface area (Å²) < 4.78 is 5.55. The largest absolute Gasteiger partial charge is 0.390 e. The number of piperidine rings is 1. The highest BCUT2D eigenvalue weighted by molar-refractivity contribution is 14.1. The molecule has 0 bridgehead atoms. The standard InChI is InChI=1S/C20H26ClIN6O2S/c1-11-19(31-14-2-5-25-17(24)16(14)21)27-13(10-29)18(26-11)28-6-3-20(4-7-28)9-12(30-22)8-15(20)23/h2,5,12,15,29H,3-4,6-10,23H2,1H3,(H2,24,25)/t12-,15-/m1/s1. The summed E-state index contributed by atoms with van der Waals surface area (Å²) in [5.74, 6) is 1.02. The highest BCUT2D eigenvalue weighted by Crippen LogP contribution is 2.47. The van der Waals surface area contributed by atoms with Crippen molar-refractivity contribution in [3.63, 3.8) is 0 Å². The zero-order valence-electron chi connectivity index (χ0n) is 17.2. The van der Waals surface area contributed by atoms with Crippen molar-refractivity contribution in [2.24, 2.45) is 11.1 Å². The predicted molar refractivity (Wildman–Crippen MR) is 130 cm³/mol. The molecule has 0 amide bonds. The molecule has 1 spiro atoms. The van der Waals surface area contributed by atoms with Crippen molar-refractivity contribution < 1.29 is 8.17 Å². The fourth-order valence-electron chi connectivity index (χ4n) is 4.63. The van der Waals surface area contributed by atoms with Crippen LogP contribution >= 0.6 is 46.4 Å². The number of hydrogen-bond donors (Lipinski definition) is 3. The van der Waals surface area contributed by atoms with Gasteiger partial charge in [0.05, 0.1) is 23.4 Å². The number of aliphatic hydroxyl groups is 1. The number of rotatable bonds is 5. The molecule has 1 saturated heterocycles. The van der Waals surface area contributed by atoms with Gasteiger partial charge >= 0.3 is 0 Å². The van der Waals surface area contributed by atoms with Crippen molar-refractivity contribution >= 4 is 58.0 Å². The van der Waals surface area contributed by atoms with E-state index in [0.717, 1.165) is 55.2 Å². The smallest absolute Gasteiger partial charge is 0.153 e. The van der Waals surface area contributed by atoms with Gasteiger partial charge in [-0.25, -0.2) is 15.0 Å². The van der Waals surface area contributed by atoms with Gasteiger partial charge in [0.25, 0.3) is 0 Å². The maximum absolute atomic E-state index is 10.0. The molecule has 2 fully saturated rings. The molecule has 1 saturated carbocycles. The molecule has 11 heteroatoms. The summed E-state index contributed by atoms with van der Waals surface area (Å²) in [7, 11) is 0. The average molecular weight is 577 g/mol. The van der Waals surface area contributed by atoms with Crippen LogP contribution in [0.1, 0.15) is 37.1 Å². The first-order valence-electron chi connectivity index (χ1n) is 10.2. The Morgan fingerprint density at radius 3 is 2.77 bits per heavy atom. The molecule has 2 aromatic rings. The lowest BCUT2D eigenvalue weighted by atomic mass is 9.74. The summed E-state index contributed by atoms with van der Waals surface area (Å²) in [4.78, 5) is 16.5. The topological polar surface area (TPSA) is 123 Å². The van der Waals surface area contributed by atoms with Crippen molar-refractivity contribution in [1.29, 1.82) is 0 Å². The molecule has 0 unspecified atom stereocenters. The van der Waals surface area contributed by atoms with E-state index < -0.39 is 0 Å². The van der Waals surface area contributed by atoms with Crippen molar-refractivity contribution in [2.45, 2.75) is 61.3 Å². The third-order valence-electron chi connectivity index (χ3n) is 6.44. The molecule has 4 rings (SSSR count). The lowest BCUT2D eigenvalue weighted by Gasteiger charge is -2.42. The minimum absolute atomic E-state index is 0.127. The summed E-state index contributed by atoms with van der Waals surface area (Å²) in [6.07, 6.45) is 5.74. The van der Waals surface area contributed by atoms with Crippen LogP contribution in [0.15, 0.2) is 22.2 Å². The molecular weight excluding hydrogens is 551 g/mol. The molecule has 8 nitrogen and oxygen atoms in total. The number of aliphatic hydroxyl groups excluding tert-OH is 1. The van der Waals surface area contributed by atoms with Gasteiger partial charge in [0, 0.05) is 30.2 Å². The third-order valence-corrected chi connectivity index (χ3v) is 8.81. The lowest BCUT2D eigenvalue weighted by molar-refractivity contribution is 0.177. The van der Waals surface area contributed by atoms with Crippen LogP contribution in [0.25, 0.3) is 0 Å². The van der Waals surface area contributed by atoms with Crippen LogP contribution < -0.4 is 16.4 Å². The van der Waals surface area contributed by atoms with Crippen molar-refractivity contribution in [2.75, 3.05) is 23.7 Å². The van der Waals surface area contributed by atoms with E-state index in [4.69, 9.17) is 36.1 Å². The first-order valence-corrected chi connectivity index (χ1v) is 12.3. The quantitative estimate of drug-likeness (QED) is 0.459.